The van der Waals surface area contributed by atoms with Gasteiger partial charge in [-0.25, -0.2) is 0 Å². The summed E-state index contributed by atoms with van der Waals surface area (Å²) in [7, 11) is 0. The second kappa shape index (κ2) is 11.3. The van der Waals surface area contributed by atoms with Gasteiger partial charge >= 0.3 is 5.97 Å². The highest BCUT2D eigenvalue weighted by Gasteiger charge is 2.02. The zero-order valence-corrected chi connectivity index (χ0v) is 11.7. The molecule has 0 saturated heterocycles. The Morgan fingerprint density at radius 3 is 2.00 bits per heavy atom. The van der Waals surface area contributed by atoms with Crippen LogP contribution in [0.15, 0.2) is 12.2 Å². The van der Waals surface area contributed by atoms with Gasteiger partial charge < -0.3 is 4.74 Å². The Balaban J connectivity index is 2.17. The molecule has 0 bridgehead atoms. The molecule has 1 aliphatic rings. The lowest BCUT2D eigenvalue weighted by Crippen LogP contribution is -2.05. The van der Waals surface area contributed by atoms with Gasteiger partial charge in [0.1, 0.15) is 0 Å². The van der Waals surface area contributed by atoms with Gasteiger partial charge in [0.25, 0.3) is 0 Å². The van der Waals surface area contributed by atoms with E-state index in [2.05, 4.69) is 12.2 Å². The van der Waals surface area contributed by atoms with Crippen molar-refractivity contribution in [2.24, 2.45) is 0 Å². The first kappa shape index (κ1) is 15.3. The molecule has 0 aromatic carbocycles. The average Bonchev–Trinajstić information content (AvgIpc) is 2.37. The van der Waals surface area contributed by atoms with E-state index in [0.29, 0.717) is 13.0 Å². The van der Waals surface area contributed by atoms with Gasteiger partial charge in [0.15, 0.2) is 0 Å². The van der Waals surface area contributed by atoms with Crippen molar-refractivity contribution in [1.29, 1.82) is 0 Å². The molecule has 0 spiro atoms. The number of carbonyl (C=O) groups excluding carboxylic acids is 1. The number of esters is 1. The summed E-state index contributed by atoms with van der Waals surface area (Å²) in [5.74, 6) is -0.00476. The van der Waals surface area contributed by atoms with Crippen LogP contribution in [0.3, 0.4) is 0 Å². The minimum Gasteiger partial charge on any atom is -0.466 e. The molecular formula is C16H28O2. The zero-order chi connectivity index (χ0) is 12.9. The molecular weight excluding hydrogens is 224 g/mol. The van der Waals surface area contributed by atoms with Gasteiger partial charge in [-0.15, -0.1) is 0 Å². The van der Waals surface area contributed by atoms with Crippen molar-refractivity contribution in [3.8, 4) is 0 Å². The molecule has 0 unspecified atom stereocenters. The van der Waals surface area contributed by atoms with E-state index in [4.69, 9.17) is 4.74 Å². The molecule has 0 radical (unpaired) electrons. The first-order valence-corrected chi connectivity index (χ1v) is 7.70. The van der Waals surface area contributed by atoms with Crippen LogP contribution in [0.4, 0.5) is 0 Å². The zero-order valence-electron chi connectivity index (χ0n) is 11.7. The van der Waals surface area contributed by atoms with Gasteiger partial charge in [0.05, 0.1) is 6.61 Å². The Hall–Kier alpha value is -0.790. The molecule has 1 heterocycles. The first-order valence-electron chi connectivity index (χ1n) is 7.70. The molecule has 1 aliphatic heterocycles. The number of rotatable bonds is 0. The lowest BCUT2D eigenvalue weighted by atomic mass is 10.1. The molecule has 0 aromatic heterocycles. The summed E-state index contributed by atoms with van der Waals surface area (Å²) < 4.78 is 5.20. The van der Waals surface area contributed by atoms with Crippen molar-refractivity contribution < 1.29 is 9.53 Å². The summed E-state index contributed by atoms with van der Waals surface area (Å²) >= 11 is 0. The predicted octanol–water partition coefficient (Wildman–Crippen LogP) is 4.78. The van der Waals surface area contributed by atoms with Crippen LogP contribution in [0, 0.1) is 0 Å². The first-order chi connectivity index (χ1) is 8.89. The average molecular weight is 252 g/mol. The molecule has 18 heavy (non-hydrogen) atoms. The van der Waals surface area contributed by atoms with E-state index in [9.17, 15) is 4.79 Å². The molecule has 0 saturated carbocycles. The monoisotopic (exact) mass is 252 g/mol. The maximum absolute atomic E-state index is 11.4. The third-order valence-corrected chi connectivity index (χ3v) is 3.45. The minimum atomic E-state index is -0.00476. The topological polar surface area (TPSA) is 26.3 Å². The molecule has 0 aromatic rings. The van der Waals surface area contributed by atoms with Crippen LogP contribution >= 0.6 is 0 Å². The predicted molar refractivity (Wildman–Crippen MR) is 75.5 cm³/mol. The van der Waals surface area contributed by atoms with Crippen molar-refractivity contribution in [1.82, 2.24) is 0 Å². The quantitative estimate of drug-likeness (QED) is 0.458. The molecule has 0 atom stereocenters. The van der Waals surface area contributed by atoms with Gasteiger partial charge in [0.2, 0.25) is 0 Å². The van der Waals surface area contributed by atoms with Crippen molar-refractivity contribution in [3.05, 3.63) is 12.2 Å². The standard InChI is InChI=1S/C16H28O2/c17-16-14-12-10-8-6-4-2-1-3-5-7-9-11-13-15-18-16/h5,7H,1-4,6,8-15H2/b7-5+. The van der Waals surface area contributed by atoms with E-state index in [1.54, 1.807) is 0 Å². The van der Waals surface area contributed by atoms with Crippen LogP contribution in [0.5, 0.6) is 0 Å². The molecule has 0 fully saturated rings. The highest BCUT2D eigenvalue weighted by Crippen LogP contribution is 2.11. The molecule has 104 valence electrons. The SMILES string of the molecule is O=C1CCCCCCCCC/C=C/CCCCO1. The van der Waals surface area contributed by atoms with Crippen LogP contribution < -0.4 is 0 Å². The highest BCUT2D eigenvalue weighted by molar-refractivity contribution is 5.69. The maximum Gasteiger partial charge on any atom is 0.305 e. The summed E-state index contributed by atoms with van der Waals surface area (Å²) in [6, 6.07) is 0. The Bertz CT molecular complexity index is 233. The van der Waals surface area contributed by atoms with Gasteiger partial charge in [-0.2, -0.15) is 0 Å². The molecule has 2 nitrogen and oxygen atoms in total. The number of hydrogen-bond donors (Lipinski definition) is 0. The molecule has 0 N–H and O–H groups in total. The smallest absolute Gasteiger partial charge is 0.305 e. The Morgan fingerprint density at radius 2 is 1.28 bits per heavy atom. The summed E-state index contributed by atoms with van der Waals surface area (Å²) in [5.41, 5.74) is 0. The number of carbonyl (C=O) groups is 1. The van der Waals surface area contributed by atoms with Gasteiger partial charge in [0, 0.05) is 6.42 Å². The molecule has 1 rings (SSSR count). The van der Waals surface area contributed by atoms with Gasteiger partial charge in [-0.05, 0) is 38.5 Å². The Labute approximate surface area is 112 Å². The number of ether oxygens (including phenoxy) is 1. The Kier molecular flexibility index (Phi) is 9.59. The van der Waals surface area contributed by atoms with Crippen LogP contribution in [0.25, 0.3) is 0 Å². The molecule has 0 amide bonds. The van der Waals surface area contributed by atoms with Crippen LogP contribution in [0.1, 0.15) is 77.0 Å². The highest BCUT2D eigenvalue weighted by atomic mass is 16.5. The number of cyclic esters (lactones) is 1. The van der Waals surface area contributed by atoms with Crippen LogP contribution in [-0.4, -0.2) is 12.6 Å². The van der Waals surface area contributed by atoms with Crippen LogP contribution in [-0.2, 0) is 9.53 Å². The van der Waals surface area contributed by atoms with E-state index in [1.807, 2.05) is 0 Å². The van der Waals surface area contributed by atoms with Gasteiger partial charge in [-0.1, -0.05) is 44.3 Å². The second-order valence-corrected chi connectivity index (χ2v) is 5.20. The van der Waals surface area contributed by atoms with E-state index in [0.717, 1.165) is 25.7 Å². The molecule has 0 aliphatic carbocycles. The fraction of sp³-hybridized carbons (Fsp3) is 0.812. The third kappa shape index (κ3) is 9.26. The Morgan fingerprint density at radius 1 is 0.722 bits per heavy atom. The second-order valence-electron chi connectivity index (χ2n) is 5.20. The van der Waals surface area contributed by atoms with Crippen molar-refractivity contribution in [2.45, 2.75) is 77.0 Å². The third-order valence-electron chi connectivity index (χ3n) is 3.45. The number of hydrogen-bond acceptors (Lipinski definition) is 2. The number of allylic oxidation sites excluding steroid dienone is 2. The normalized spacial score (nSPS) is 23.9. The van der Waals surface area contributed by atoms with E-state index in [-0.39, 0.29) is 5.97 Å². The van der Waals surface area contributed by atoms with Crippen molar-refractivity contribution in [3.63, 3.8) is 0 Å². The van der Waals surface area contributed by atoms with Crippen LogP contribution in [0.2, 0.25) is 0 Å². The summed E-state index contributed by atoms with van der Waals surface area (Å²) in [4.78, 5) is 11.4. The summed E-state index contributed by atoms with van der Waals surface area (Å²) in [5, 5.41) is 0. The fourth-order valence-electron chi connectivity index (χ4n) is 2.27. The fourth-order valence-corrected chi connectivity index (χ4v) is 2.27. The summed E-state index contributed by atoms with van der Waals surface area (Å²) in [6.07, 6.45) is 18.5. The lowest BCUT2D eigenvalue weighted by molar-refractivity contribution is -0.143. The van der Waals surface area contributed by atoms with E-state index in [1.165, 1.54) is 44.9 Å². The maximum atomic E-state index is 11.4. The lowest BCUT2D eigenvalue weighted by Gasteiger charge is -2.04. The minimum absolute atomic E-state index is 0.00476. The van der Waals surface area contributed by atoms with Crippen molar-refractivity contribution in [2.75, 3.05) is 6.61 Å². The summed E-state index contributed by atoms with van der Waals surface area (Å²) in [6.45, 7) is 0.604. The molecule has 2 heteroatoms. The van der Waals surface area contributed by atoms with Gasteiger partial charge in [-0.3, -0.25) is 4.79 Å². The van der Waals surface area contributed by atoms with Crippen molar-refractivity contribution >= 4 is 5.97 Å². The van der Waals surface area contributed by atoms with E-state index < -0.39 is 0 Å². The largest absolute Gasteiger partial charge is 0.466 e. The van der Waals surface area contributed by atoms with E-state index >= 15 is 0 Å².